The zero-order valence-corrected chi connectivity index (χ0v) is 27.9. The molecular weight excluding hydrogens is 562 g/mol. The van der Waals surface area contributed by atoms with Crippen molar-refractivity contribution in [1.29, 1.82) is 0 Å². The van der Waals surface area contributed by atoms with E-state index < -0.39 is 23.8 Å². The third kappa shape index (κ3) is 16.4. The molecule has 2 unspecified atom stereocenters. The lowest BCUT2D eigenvalue weighted by Crippen LogP contribution is -2.45. The smallest absolute Gasteiger partial charge is 0.407 e. The summed E-state index contributed by atoms with van der Waals surface area (Å²) < 4.78 is 0. The lowest BCUT2D eigenvalue weighted by molar-refractivity contribution is -0.139. The van der Waals surface area contributed by atoms with Gasteiger partial charge in [-0.2, -0.15) is 0 Å². The second-order valence-electron chi connectivity index (χ2n) is 11.5. The summed E-state index contributed by atoms with van der Waals surface area (Å²) in [5.74, 6) is -0.203. The Bertz CT molecular complexity index is 1010. The molecule has 1 saturated heterocycles. The van der Waals surface area contributed by atoms with Gasteiger partial charge < -0.3 is 31.3 Å². The van der Waals surface area contributed by atoms with Gasteiger partial charge in [0.2, 0.25) is 18.1 Å². The highest BCUT2D eigenvalue weighted by atomic mass is 16.4. The topological polar surface area (TPSA) is 162 Å². The van der Waals surface area contributed by atoms with Crippen molar-refractivity contribution >= 4 is 30.1 Å². The normalized spacial score (nSPS) is 16.9. The van der Waals surface area contributed by atoms with Crippen LogP contribution in [0.15, 0.2) is 24.3 Å². The number of likely N-dealkylation sites (tertiary alicyclic amines) is 1. The first-order chi connectivity index (χ1) is 20.9. The molecule has 1 aromatic rings. The number of carboxylic acid groups (broad SMARTS) is 1. The maximum atomic E-state index is 11.6. The van der Waals surface area contributed by atoms with E-state index in [2.05, 4.69) is 44.4 Å². The average molecular weight is 620 g/mol. The Morgan fingerprint density at radius 2 is 1.64 bits per heavy atom. The molecule has 0 bridgehead atoms. The van der Waals surface area contributed by atoms with Crippen LogP contribution < -0.4 is 16.4 Å². The van der Waals surface area contributed by atoms with Crippen LogP contribution in [0.25, 0.3) is 0 Å². The van der Waals surface area contributed by atoms with Crippen molar-refractivity contribution in [3.8, 4) is 0 Å². The van der Waals surface area contributed by atoms with Crippen LogP contribution >= 0.6 is 0 Å². The van der Waals surface area contributed by atoms with Crippen molar-refractivity contribution in [1.82, 2.24) is 20.4 Å². The summed E-state index contributed by atoms with van der Waals surface area (Å²) in [5, 5.41) is 13.8. The number of nitrogens with zero attached hydrogens (tertiary/aromatic N) is 2. The average Bonchev–Trinajstić information content (AvgIpc) is 3.73. The minimum atomic E-state index is -0.825. The number of nitrogens with two attached hydrogens (primary N) is 1. The molecule has 0 radical (unpaired) electrons. The minimum Gasteiger partial charge on any atom is -0.465 e. The van der Waals surface area contributed by atoms with Gasteiger partial charge >= 0.3 is 6.09 Å². The van der Waals surface area contributed by atoms with Crippen LogP contribution in [0.2, 0.25) is 0 Å². The molecule has 11 heteroatoms. The van der Waals surface area contributed by atoms with Gasteiger partial charge in [0.05, 0.1) is 12.6 Å². The van der Waals surface area contributed by atoms with Crippen molar-refractivity contribution in [2.45, 2.75) is 118 Å². The maximum Gasteiger partial charge on any atom is 0.407 e. The number of amides is 4. The minimum absolute atomic E-state index is 0.0880. The second-order valence-corrected chi connectivity index (χ2v) is 11.5. The second kappa shape index (κ2) is 23.0. The predicted octanol–water partition coefficient (Wildman–Crippen LogP) is 4.12. The molecule has 11 nitrogen and oxygen atoms in total. The lowest BCUT2D eigenvalue weighted by atomic mass is 10.0. The Morgan fingerprint density at radius 3 is 2.09 bits per heavy atom. The number of carbonyl (C=O) groups excluding carboxylic acids is 4. The summed E-state index contributed by atoms with van der Waals surface area (Å²) >= 11 is 0. The van der Waals surface area contributed by atoms with Crippen LogP contribution in [0.5, 0.6) is 0 Å². The lowest BCUT2D eigenvalue weighted by Gasteiger charge is -2.26. The Kier molecular flexibility index (Phi) is 21.2. The number of hydrogen-bond donors (Lipinski definition) is 4. The standard InChI is InChI=1S/C10H16N2O3.C10H11NO2.C7H14N2O.C4H10.C2H6/c1-2-3-8(11-6-13)9(14)10(15)12-7-4-5-7;12-10(13)11-6-5-8-3-1-2-4-9(8)7-11;1-6-3-2-4-9(6)7(10)5-8;1-4(2)3;1-2/h6-8H,2-5H2,1H3,(H,11,13)(H,12,15);1-4H,5-7H2,(H,12,13);6H,2-5,8H2,1H3;4H,1-3H3;1-2H3. The number of ketones is 1. The molecule has 1 aliphatic carbocycles. The Balaban J connectivity index is 0.000000586. The van der Waals surface area contributed by atoms with Gasteiger partial charge in [-0.25, -0.2) is 4.79 Å². The third-order valence-electron chi connectivity index (χ3n) is 6.75. The van der Waals surface area contributed by atoms with E-state index in [1.807, 2.05) is 43.9 Å². The first kappa shape index (κ1) is 40.5. The van der Waals surface area contributed by atoms with Crippen LogP contribution in [-0.4, -0.2) is 82.8 Å². The van der Waals surface area contributed by atoms with Gasteiger partial charge in [-0.3, -0.25) is 19.2 Å². The highest BCUT2D eigenvalue weighted by Crippen LogP contribution is 2.19. The molecule has 1 saturated carbocycles. The fraction of sp³-hybridized carbons (Fsp3) is 0.667. The molecule has 2 heterocycles. The van der Waals surface area contributed by atoms with Crippen LogP contribution in [0.3, 0.4) is 0 Å². The molecule has 2 aliphatic heterocycles. The van der Waals surface area contributed by atoms with Gasteiger partial charge in [0.1, 0.15) is 0 Å². The molecule has 4 amide bonds. The summed E-state index contributed by atoms with van der Waals surface area (Å²) in [6.07, 6.45) is 5.86. The Hall–Kier alpha value is -3.47. The van der Waals surface area contributed by atoms with E-state index in [1.54, 1.807) is 0 Å². The molecule has 4 rings (SSSR count). The molecule has 44 heavy (non-hydrogen) atoms. The summed E-state index contributed by atoms with van der Waals surface area (Å²) in [4.78, 5) is 58.2. The molecule has 2 atom stereocenters. The highest BCUT2D eigenvalue weighted by Gasteiger charge is 2.30. The fourth-order valence-electron chi connectivity index (χ4n) is 4.38. The van der Waals surface area contributed by atoms with Gasteiger partial charge in [0, 0.05) is 31.7 Å². The number of fused-ring (bicyclic) bond motifs is 1. The van der Waals surface area contributed by atoms with Crippen molar-refractivity contribution in [3.63, 3.8) is 0 Å². The number of Topliss-reactive ketones (excluding diaryl/α,β-unsaturated/α-hetero) is 1. The highest BCUT2D eigenvalue weighted by molar-refractivity contribution is 6.38. The molecule has 0 spiro atoms. The number of nitrogens with one attached hydrogen (secondary N) is 2. The van der Waals surface area contributed by atoms with Crippen LogP contribution in [0, 0.1) is 5.92 Å². The fourth-order valence-corrected chi connectivity index (χ4v) is 4.38. The molecule has 1 aromatic carbocycles. The number of carbonyl (C=O) groups is 5. The van der Waals surface area contributed by atoms with Gasteiger partial charge in [0.25, 0.3) is 5.91 Å². The van der Waals surface area contributed by atoms with E-state index in [0.29, 0.717) is 32.0 Å². The zero-order valence-electron chi connectivity index (χ0n) is 27.9. The summed E-state index contributed by atoms with van der Waals surface area (Å²) in [6.45, 7) is 16.7. The third-order valence-corrected chi connectivity index (χ3v) is 6.75. The van der Waals surface area contributed by atoms with E-state index in [9.17, 15) is 24.0 Å². The maximum absolute atomic E-state index is 11.6. The molecule has 2 fully saturated rings. The monoisotopic (exact) mass is 619 g/mol. The SMILES string of the molecule is CC.CC(C)C.CC1CCCN1C(=O)CN.CCCC(NC=O)C(=O)C(=O)NC1CC1.O=C(O)N1CCc2ccccc2C1. The molecule has 5 N–H and O–H groups in total. The van der Waals surface area contributed by atoms with Crippen LogP contribution in [-0.2, 0) is 32.1 Å². The van der Waals surface area contributed by atoms with E-state index in [0.717, 1.165) is 56.6 Å². The van der Waals surface area contributed by atoms with E-state index in [4.69, 9.17) is 10.8 Å². The molecular formula is C33H57N5O6. The number of hydrogen-bond acceptors (Lipinski definition) is 6. The first-order valence-electron chi connectivity index (χ1n) is 16.0. The van der Waals surface area contributed by atoms with Gasteiger partial charge in [-0.15, -0.1) is 0 Å². The number of rotatable bonds is 8. The molecule has 0 aromatic heterocycles. The summed E-state index contributed by atoms with van der Waals surface area (Å²) in [5.41, 5.74) is 7.64. The Labute approximate surface area is 264 Å². The first-order valence-corrected chi connectivity index (χ1v) is 16.0. The zero-order chi connectivity index (χ0) is 33.7. The quantitative estimate of drug-likeness (QED) is 0.251. The molecule has 3 aliphatic rings. The number of benzene rings is 1. The summed E-state index contributed by atoms with van der Waals surface area (Å²) in [7, 11) is 0. The van der Waals surface area contributed by atoms with Crippen molar-refractivity contribution < 1.29 is 29.1 Å². The largest absolute Gasteiger partial charge is 0.465 e. The van der Waals surface area contributed by atoms with Crippen molar-refractivity contribution in [2.75, 3.05) is 19.6 Å². The van der Waals surface area contributed by atoms with Gasteiger partial charge in [0.15, 0.2) is 0 Å². The molecule has 250 valence electrons. The van der Waals surface area contributed by atoms with E-state index in [1.165, 1.54) is 10.5 Å². The van der Waals surface area contributed by atoms with Crippen molar-refractivity contribution in [2.24, 2.45) is 11.7 Å². The van der Waals surface area contributed by atoms with Crippen LogP contribution in [0.4, 0.5) is 4.79 Å². The van der Waals surface area contributed by atoms with Gasteiger partial charge in [-0.05, 0) is 62.5 Å². The van der Waals surface area contributed by atoms with Crippen LogP contribution in [0.1, 0.15) is 98.1 Å². The van der Waals surface area contributed by atoms with Gasteiger partial charge in [-0.1, -0.05) is 72.2 Å². The Morgan fingerprint density at radius 1 is 1.05 bits per heavy atom. The summed E-state index contributed by atoms with van der Waals surface area (Å²) in [6, 6.07) is 7.90. The van der Waals surface area contributed by atoms with Crippen molar-refractivity contribution in [3.05, 3.63) is 35.4 Å². The predicted molar refractivity (Wildman–Crippen MR) is 174 cm³/mol. The van der Waals surface area contributed by atoms with E-state index >= 15 is 0 Å². The van der Waals surface area contributed by atoms with E-state index in [-0.39, 0.29) is 18.5 Å².